The number of unbranched alkanes of at least 4 members (excludes halogenated alkanes) is 1. The molecule has 10 heavy (non-hydrogen) atoms. The molecule has 0 spiro atoms. The molecule has 0 amide bonds. The summed E-state index contributed by atoms with van der Waals surface area (Å²) in [5.41, 5.74) is 0. The minimum atomic E-state index is -0.931. The molecule has 0 saturated carbocycles. The molecule has 0 aromatic rings. The van der Waals surface area contributed by atoms with Crippen LogP contribution in [0.1, 0.15) is 33.1 Å². The van der Waals surface area contributed by atoms with E-state index < -0.39 is 15.1 Å². The van der Waals surface area contributed by atoms with Crippen molar-refractivity contribution in [3.05, 3.63) is 6.92 Å². The number of hydrogen-bond acceptors (Lipinski definition) is 0. The van der Waals surface area contributed by atoms with Crippen LogP contribution in [-0.4, -0.2) is 0 Å². The van der Waals surface area contributed by atoms with Crippen LogP contribution in [0.25, 0.3) is 0 Å². The molecule has 0 saturated heterocycles. The summed E-state index contributed by atoms with van der Waals surface area (Å²) in [7, 11) is 9.90. The monoisotopic (exact) mass is 233 g/mol. The Labute approximate surface area is 80.4 Å². The molecule has 0 fully saturated rings. The van der Waals surface area contributed by atoms with Gasteiger partial charge in [-0.15, -0.1) is 0 Å². The molecule has 0 nitrogen and oxygen atoms in total. The summed E-state index contributed by atoms with van der Waals surface area (Å²) in [6.07, 6.45) is 3.93. The fourth-order valence-corrected chi connectivity index (χ4v) is 0.553. The predicted molar refractivity (Wildman–Crippen MR) is 45.8 cm³/mol. The van der Waals surface area contributed by atoms with E-state index in [1.807, 2.05) is 0 Å². The molecule has 0 aromatic carbocycles. The number of halogens is 2. The van der Waals surface area contributed by atoms with Crippen molar-refractivity contribution >= 4 is 19.4 Å². The fraction of sp³-hybridized carbons (Fsp3) is 0.857. The molecule has 0 N–H and O–H groups in total. The van der Waals surface area contributed by atoms with Gasteiger partial charge in [-0.25, -0.2) is 0 Å². The third kappa shape index (κ3) is 22.9. The van der Waals surface area contributed by atoms with Crippen LogP contribution in [0.15, 0.2) is 0 Å². The van der Waals surface area contributed by atoms with Crippen LogP contribution in [0, 0.1) is 12.8 Å². The maximum atomic E-state index is 4.95. The van der Waals surface area contributed by atoms with Crippen LogP contribution in [0.4, 0.5) is 0 Å². The van der Waals surface area contributed by atoms with Crippen molar-refractivity contribution in [2.75, 3.05) is 0 Å². The van der Waals surface area contributed by atoms with Gasteiger partial charge >= 0.3 is 34.5 Å². The van der Waals surface area contributed by atoms with Crippen molar-refractivity contribution in [2.45, 2.75) is 33.1 Å². The van der Waals surface area contributed by atoms with Gasteiger partial charge in [-0.1, -0.05) is 40.0 Å². The molecular weight excluding hydrogens is 220 g/mol. The molecule has 0 aliphatic carbocycles. The first-order valence-electron chi connectivity index (χ1n) is 3.64. The molecular formula is C7H15Cl2Zn. The second-order valence-corrected chi connectivity index (χ2v) is 6.97. The van der Waals surface area contributed by atoms with E-state index >= 15 is 0 Å². The van der Waals surface area contributed by atoms with Crippen molar-refractivity contribution in [1.29, 1.82) is 0 Å². The first-order valence-corrected chi connectivity index (χ1v) is 11.4. The van der Waals surface area contributed by atoms with Gasteiger partial charge in [-0.2, -0.15) is 0 Å². The number of rotatable bonds is 3. The Morgan fingerprint density at radius 2 is 1.90 bits per heavy atom. The van der Waals surface area contributed by atoms with Crippen molar-refractivity contribution < 1.29 is 15.1 Å². The van der Waals surface area contributed by atoms with Gasteiger partial charge in [0, 0.05) is 0 Å². The topological polar surface area (TPSA) is 0 Å². The predicted octanol–water partition coefficient (Wildman–Crippen LogP) is 4.02. The van der Waals surface area contributed by atoms with Gasteiger partial charge in [0.25, 0.3) is 0 Å². The second-order valence-electron chi connectivity index (χ2n) is 2.35. The Hall–Kier alpha value is 1.20. The second kappa shape index (κ2) is 12.8. The Balaban J connectivity index is 0. The van der Waals surface area contributed by atoms with Crippen LogP contribution in [0.2, 0.25) is 0 Å². The summed E-state index contributed by atoms with van der Waals surface area (Å²) in [6.45, 7) is 8.25. The fourth-order valence-electron chi connectivity index (χ4n) is 0.553. The van der Waals surface area contributed by atoms with Crippen molar-refractivity contribution in [1.82, 2.24) is 0 Å². The molecule has 0 aromatic heterocycles. The number of hydrogen-bond donors (Lipinski definition) is 0. The molecule has 3 heteroatoms. The zero-order chi connectivity index (χ0) is 8.41. The molecule has 0 aliphatic heterocycles. The van der Waals surface area contributed by atoms with Crippen molar-refractivity contribution in [3.8, 4) is 0 Å². The van der Waals surface area contributed by atoms with Crippen LogP contribution in [-0.2, 0) is 15.1 Å². The summed E-state index contributed by atoms with van der Waals surface area (Å²) in [5, 5.41) is 0. The van der Waals surface area contributed by atoms with E-state index in [1.54, 1.807) is 0 Å². The SMILES string of the molecule is [CH2]C(C)CCCC.[Cl][Zn][Cl]. The van der Waals surface area contributed by atoms with Gasteiger partial charge in [-0.3, -0.25) is 0 Å². The van der Waals surface area contributed by atoms with E-state index in [1.165, 1.54) is 19.3 Å². The van der Waals surface area contributed by atoms with Gasteiger partial charge in [0.2, 0.25) is 0 Å². The Kier molecular flexibility index (Phi) is 17.7. The molecule has 59 valence electrons. The third-order valence-corrected chi connectivity index (χ3v) is 1.05. The van der Waals surface area contributed by atoms with Crippen LogP contribution in [0.3, 0.4) is 0 Å². The molecule has 0 heterocycles. The maximum absolute atomic E-state index is 4.95. The molecule has 0 aliphatic rings. The molecule has 1 atom stereocenters. The molecule has 0 bridgehead atoms. The van der Waals surface area contributed by atoms with E-state index in [-0.39, 0.29) is 0 Å². The zero-order valence-corrected chi connectivity index (χ0v) is 11.3. The summed E-state index contributed by atoms with van der Waals surface area (Å²) in [5.74, 6) is 0.653. The van der Waals surface area contributed by atoms with Crippen LogP contribution >= 0.6 is 19.4 Å². The van der Waals surface area contributed by atoms with E-state index in [9.17, 15) is 0 Å². The van der Waals surface area contributed by atoms with E-state index in [2.05, 4.69) is 20.8 Å². The van der Waals surface area contributed by atoms with Gasteiger partial charge in [0.1, 0.15) is 0 Å². The standard InChI is InChI=1S/C7H15.2ClH.Zn/c1-4-5-6-7(2)3;;;/h7H,2,4-6H2,1,3H3;2*1H;/q;;;+2/p-2. The zero-order valence-electron chi connectivity index (χ0n) is 6.87. The third-order valence-electron chi connectivity index (χ3n) is 1.05. The van der Waals surface area contributed by atoms with Gasteiger partial charge in [0.05, 0.1) is 0 Å². The Morgan fingerprint density at radius 1 is 1.50 bits per heavy atom. The summed E-state index contributed by atoms with van der Waals surface area (Å²) >= 11 is -0.931. The normalized spacial score (nSPS) is 8.20. The quantitative estimate of drug-likeness (QED) is 0.648. The first kappa shape index (κ1) is 13.8. The summed E-state index contributed by atoms with van der Waals surface area (Å²) in [6, 6.07) is 0. The Morgan fingerprint density at radius 3 is 2.00 bits per heavy atom. The molecule has 1 radical (unpaired) electrons. The van der Waals surface area contributed by atoms with Crippen molar-refractivity contribution in [2.24, 2.45) is 5.92 Å². The van der Waals surface area contributed by atoms with Crippen molar-refractivity contribution in [3.63, 3.8) is 0 Å². The van der Waals surface area contributed by atoms with Crippen LogP contribution in [0.5, 0.6) is 0 Å². The van der Waals surface area contributed by atoms with E-state index in [4.69, 9.17) is 19.4 Å². The van der Waals surface area contributed by atoms with Gasteiger partial charge < -0.3 is 0 Å². The van der Waals surface area contributed by atoms with Gasteiger partial charge in [0.15, 0.2) is 0 Å². The average molecular weight is 235 g/mol. The van der Waals surface area contributed by atoms with Gasteiger partial charge in [-0.05, 0) is 5.92 Å². The van der Waals surface area contributed by atoms with E-state index in [0.717, 1.165) is 0 Å². The average Bonchev–Trinajstić information content (AvgIpc) is 1.85. The molecule has 1 unspecified atom stereocenters. The minimum absolute atomic E-state index is 0.653. The summed E-state index contributed by atoms with van der Waals surface area (Å²) < 4.78 is 0. The molecule has 0 rings (SSSR count). The Bertz CT molecular complexity index is 48.9. The van der Waals surface area contributed by atoms with Crippen LogP contribution < -0.4 is 0 Å². The van der Waals surface area contributed by atoms with E-state index in [0.29, 0.717) is 5.92 Å². The first-order chi connectivity index (χ1) is 4.68. The summed E-state index contributed by atoms with van der Waals surface area (Å²) in [4.78, 5) is 0.